The van der Waals surface area contributed by atoms with Gasteiger partial charge in [-0.05, 0) is 18.4 Å². The molecule has 0 N–H and O–H groups in total. The molecule has 1 aliphatic rings. The highest BCUT2D eigenvalue weighted by Crippen LogP contribution is 2.37. The minimum absolute atomic E-state index is 0.355. The normalized spacial score (nSPS) is 16.4. The molecule has 7 heteroatoms. The number of nitriles is 1. The Morgan fingerprint density at radius 1 is 1.19 bits per heavy atom. The Balaban J connectivity index is 1.66. The van der Waals surface area contributed by atoms with Gasteiger partial charge in [0, 0.05) is 27.2 Å². The van der Waals surface area contributed by atoms with Crippen LogP contribution in [0.3, 0.4) is 0 Å². The molecule has 0 bridgehead atoms. The molecule has 0 spiro atoms. The van der Waals surface area contributed by atoms with Crippen LogP contribution in [-0.2, 0) is 23.8 Å². The monoisotopic (exact) mass is 362 g/mol. The third-order valence-electron chi connectivity index (χ3n) is 5.35. The molecule has 3 aromatic rings. The van der Waals surface area contributed by atoms with E-state index >= 15 is 0 Å². The average Bonchev–Trinajstić information content (AvgIpc) is 3.09. The van der Waals surface area contributed by atoms with Gasteiger partial charge in [-0.2, -0.15) is 10.4 Å². The summed E-state index contributed by atoms with van der Waals surface area (Å²) in [4.78, 5) is 11.5. The Labute approximate surface area is 158 Å². The van der Waals surface area contributed by atoms with Gasteiger partial charge in [0.05, 0.1) is 23.1 Å². The van der Waals surface area contributed by atoms with Gasteiger partial charge in [0.15, 0.2) is 11.5 Å². The highest BCUT2D eigenvalue weighted by molar-refractivity contribution is 5.87. The van der Waals surface area contributed by atoms with Crippen molar-refractivity contribution in [3.63, 3.8) is 0 Å². The number of rotatable bonds is 4. The molecular weight excluding hydrogens is 340 g/mol. The number of methoxy groups -OCH3 is 1. The lowest BCUT2D eigenvalue weighted by molar-refractivity contribution is 0.178. The van der Waals surface area contributed by atoms with E-state index in [4.69, 9.17) is 9.72 Å². The first kappa shape index (κ1) is 17.4. The molecule has 1 aliphatic heterocycles. The molecular formula is C20H22N6O. The summed E-state index contributed by atoms with van der Waals surface area (Å²) in [5.74, 6) is 1.52. The van der Waals surface area contributed by atoms with Crippen molar-refractivity contribution in [2.75, 3.05) is 25.1 Å². The fourth-order valence-corrected chi connectivity index (χ4v) is 3.81. The number of hydrogen-bond donors (Lipinski definition) is 0. The van der Waals surface area contributed by atoms with Crippen molar-refractivity contribution < 1.29 is 4.74 Å². The van der Waals surface area contributed by atoms with Gasteiger partial charge in [0.1, 0.15) is 12.4 Å². The number of hydrogen-bond acceptors (Lipinski definition) is 6. The number of aromatic nitrogens is 4. The fraction of sp³-hybridized carbons (Fsp3) is 0.400. The molecule has 3 heterocycles. The zero-order chi connectivity index (χ0) is 18.9. The van der Waals surface area contributed by atoms with Gasteiger partial charge in [-0.3, -0.25) is 4.68 Å². The smallest absolute Gasteiger partial charge is 0.163 e. The Bertz CT molecular complexity index is 983. The molecule has 138 valence electrons. The van der Waals surface area contributed by atoms with Gasteiger partial charge in [-0.15, -0.1) is 0 Å². The molecule has 0 atom stereocenters. The van der Waals surface area contributed by atoms with Crippen LogP contribution < -0.4 is 4.90 Å². The van der Waals surface area contributed by atoms with Crippen LogP contribution in [0.15, 0.2) is 36.5 Å². The summed E-state index contributed by atoms with van der Waals surface area (Å²) in [6.45, 7) is 1.87. The molecule has 1 fully saturated rings. The predicted molar refractivity (Wildman–Crippen MR) is 102 cm³/mol. The summed E-state index contributed by atoms with van der Waals surface area (Å²) in [5.41, 5.74) is 1.46. The van der Waals surface area contributed by atoms with Gasteiger partial charge in [-0.25, -0.2) is 9.97 Å². The minimum Gasteiger partial charge on any atom is -0.377 e. The molecule has 0 aliphatic carbocycles. The van der Waals surface area contributed by atoms with E-state index in [1.54, 1.807) is 11.8 Å². The van der Waals surface area contributed by atoms with Crippen LogP contribution in [0.1, 0.15) is 24.2 Å². The number of piperidine rings is 1. The zero-order valence-corrected chi connectivity index (χ0v) is 15.6. The van der Waals surface area contributed by atoms with Crippen LogP contribution in [0, 0.1) is 11.3 Å². The van der Waals surface area contributed by atoms with Gasteiger partial charge >= 0.3 is 0 Å². The number of anilines is 1. The second kappa shape index (κ2) is 6.97. The van der Waals surface area contributed by atoms with E-state index in [0.29, 0.717) is 12.4 Å². The standard InChI is InChI=1S/C20H22N6O/c1-25-18-16(12-22-25)19(24-17(23-18)13-27-2)26-10-8-20(14-21,9-11-26)15-6-4-3-5-7-15/h3-7,12H,8-11,13H2,1-2H3. The van der Waals surface area contributed by atoms with Crippen LogP contribution in [0.5, 0.6) is 0 Å². The summed E-state index contributed by atoms with van der Waals surface area (Å²) in [6.07, 6.45) is 3.34. The molecule has 1 saturated heterocycles. The first-order chi connectivity index (χ1) is 13.2. The van der Waals surface area contributed by atoms with Crippen molar-refractivity contribution in [1.29, 1.82) is 5.26 Å². The molecule has 0 amide bonds. The summed E-state index contributed by atoms with van der Waals surface area (Å²) in [5, 5.41) is 15.2. The van der Waals surface area contributed by atoms with Crippen molar-refractivity contribution in [2.45, 2.75) is 24.9 Å². The number of aryl methyl sites for hydroxylation is 1. The van der Waals surface area contributed by atoms with E-state index in [1.165, 1.54) is 0 Å². The molecule has 0 saturated carbocycles. The maximum Gasteiger partial charge on any atom is 0.163 e. The average molecular weight is 362 g/mol. The summed E-state index contributed by atoms with van der Waals surface area (Å²) in [7, 11) is 3.51. The maximum absolute atomic E-state index is 9.92. The van der Waals surface area contributed by atoms with Gasteiger partial charge in [0.2, 0.25) is 0 Å². The van der Waals surface area contributed by atoms with Crippen molar-refractivity contribution in [3.8, 4) is 6.07 Å². The van der Waals surface area contributed by atoms with Crippen LogP contribution in [0.25, 0.3) is 11.0 Å². The third-order valence-corrected chi connectivity index (χ3v) is 5.35. The second-order valence-corrected chi connectivity index (χ2v) is 6.95. The van der Waals surface area contributed by atoms with Crippen molar-refractivity contribution >= 4 is 16.9 Å². The topological polar surface area (TPSA) is 79.9 Å². The molecule has 0 radical (unpaired) electrons. The molecule has 27 heavy (non-hydrogen) atoms. The second-order valence-electron chi connectivity index (χ2n) is 6.95. The SMILES string of the molecule is COCc1nc(N2CCC(C#N)(c3ccccc3)CC2)c2cnn(C)c2n1. The summed E-state index contributed by atoms with van der Waals surface area (Å²) in [6, 6.07) is 12.7. The number of fused-ring (bicyclic) bond motifs is 1. The third kappa shape index (κ3) is 3.02. The van der Waals surface area contributed by atoms with E-state index in [-0.39, 0.29) is 0 Å². The Morgan fingerprint density at radius 2 is 1.93 bits per heavy atom. The first-order valence-electron chi connectivity index (χ1n) is 9.06. The lowest BCUT2D eigenvalue weighted by atomic mass is 9.74. The predicted octanol–water partition coefficient (Wildman–Crippen LogP) is 2.57. The van der Waals surface area contributed by atoms with Gasteiger partial charge in [-0.1, -0.05) is 30.3 Å². The fourth-order valence-electron chi connectivity index (χ4n) is 3.81. The zero-order valence-electron chi connectivity index (χ0n) is 15.6. The first-order valence-corrected chi connectivity index (χ1v) is 9.06. The molecule has 4 rings (SSSR count). The lowest BCUT2D eigenvalue weighted by Gasteiger charge is -2.38. The molecule has 1 aromatic carbocycles. The molecule has 2 aromatic heterocycles. The number of ether oxygens (including phenoxy) is 1. The largest absolute Gasteiger partial charge is 0.377 e. The van der Waals surface area contributed by atoms with E-state index in [0.717, 1.165) is 48.3 Å². The van der Waals surface area contributed by atoms with Crippen LogP contribution in [0.4, 0.5) is 5.82 Å². The minimum atomic E-state index is -0.436. The van der Waals surface area contributed by atoms with Crippen LogP contribution >= 0.6 is 0 Å². The maximum atomic E-state index is 9.92. The number of nitrogens with zero attached hydrogens (tertiary/aromatic N) is 6. The molecule has 7 nitrogen and oxygen atoms in total. The van der Waals surface area contributed by atoms with Crippen LogP contribution in [0.2, 0.25) is 0 Å². The number of benzene rings is 1. The Kier molecular flexibility index (Phi) is 4.50. The van der Waals surface area contributed by atoms with E-state index < -0.39 is 5.41 Å². The van der Waals surface area contributed by atoms with Gasteiger partial charge < -0.3 is 9.64 Å². The quantitative estimate of drug-likeness (QED) is 0.710. The van der Waals surface area contributed by atoms with Crippen molar-refractivity contribution in [3.05, 3.63) is 47.9 Å². The van der Waals surface area contributed by atoms with Crippen molar-refractivity contribution in [1.82, 2.24) is 19.7 Å². The molecule has 0 unspecified atom stereocenters. The van der Waals surface area contributed by atoms with Crippen LogP contribution in [-0.4, -0.2) is 39.9 Å². The summed E-state index contributed by atoms with van der Waals surface area (Å²) < 4.78 is 6.98. The Morgan fingerprint density at radius 3 is 2.59 bits per heavy atom. The highest BCUT2D eigenvalue weighted by atomic mass is 16.5. The van der Waals surface area contributed by atoms with E-state index in [2.05, 4.69) is 33.2 Å². The van der Waals surface area contributed by atoms with E-state index in [1.807, 2.05) is 31.4 Å². The van der Waals surface area contributed by atoms with Gasteiger partial charge in [0.25, 0.3) is 0 Å². The van der Waals surface area contributed by atoms with Crippen molar-refractivity contribution in [2.24, 2.45) is 7.05 Å². The summed E-state index contributed by atoms with van der Waals surface area (Å²) >= 11 is 0. The highest BCUT2D eigenvalue weighted by Gasteiger charge is 2.37. The lowest BCUT2D eigenvalue weighted by Crippen LogP contribution is -2.42. The Hall–Kier alpha value is -2.98. The van der Waals surface area contributed by atoms with E-state index in [9.17, 15) is 5.26 Å².